The zero-order chi connectivity index (χ0) is 9.10. The monoisotopic (exact) mass is 171 g/mol. The van der Waals surface area contributed by atoms with E-state index < -0.39 is 0 Å². The van der Waals surface area contributed by atoms with E-state index in [0.29, 0.717) is 6.42 Å². The predicted octanol–water partition coefficient (Wildman–Crippen LogP) is 2.02. The lowest BCUT2D eigenvalue weighted by Crippen LogP contribution is -1.82. The fourth-order valence-corrected chi connectivity index (χ4v) is 1.34. The second kappa shape index (κ2) is 3.28. The highest BCUT2D eigenvalue weighted by atomic mass is 14.8. The number of aromatic amines is 1. The van der Waals surface area contributed by atoms with Crippen LogP contribution in [0.2, 0.25) is 0 Å². The molecule has 13 heavy (non-hydrogen) atoms. The summed E-state index contributed by atoms with van der Waals surface area (Å²) in [5, 5.41) is 9.53. The van der Waals surface area contributed by atoms with Crippen molar-refractivity contribution in [2.24, 2.45) is 0 Å². The van der Waals surface area contributed by atoms with Gasteiger partial charge in [-0.05, 0) is 18.2 Å². The molecule has 0 bridgehead atoms. The Morgan fingerprint density at radius 2 is 2.46 bits per heavy atom. The minimum absolute atomic E-state index is 0.548. The van der Waals surface area contributed by atoms with E-state index in [4.69, 9.17) is 5.26 Å². The summed E-state index contributed by atoms with van der Waals surface area (Å²) in [4.78, 5) is 7.34. The molecular formula is C10H9N3. The molecule has 2 aromatic heterocycles. The molecule has 1 N–H and O–H groups in total. The van der Waals surface area contributed by atoms with Gasteiger partial charge in [0, 0.05) is 30.1 Å². The Kier molecular flexibility index (Phi) is 1.97. The van der Waals surface area contributed by atoms with Gasteiger partial charge in [-0.2, -0.15) is 5.26 Å². The molecule has 0 fully saturated rings. The fraction of sp³-hybridized carbons (Fsp3) is 0.200. The van der Waals surface area contributed by atoms with Gasteiger partial charge in [0.15, 0.2) is 0 Å². The number of aryl methyl sites for hydroxylation is 1. The summed E-state index contributed by atoms with van der Waals surface area (Å²) in [7, 11) is 0. The van der Waals surface area contributed by atoms with Crippen molar-refractivity contribution < 1.29 is 0 Å². The largest absolute Gasteiger partial charge is 0.343 e. The summed E-state index contributed by atoms with van der Waals surface area (Å²) in [5.74, 6) is 0. The Balaban J connectivity index is 2.34. The van der Waals surface area contributed by atoms with E-state index in [9.17, 15) is 0 Å². The van der Waals surface area contributed by atoms with Crippen molar-refractivity contribution in [2.45, 2.75) is 12.8 Å². The Labute approximate surface area is 76.0 Å². The van der Waals surface area contributed by atoms with Crippen LogP contribution in [0.25, 0.3) is 11.0 Å². The topological polar surface area (TPSA) is 52.5 Å². The third kappa shape index (κ3) is 1.52. The van der Waals surface area contributed by atoms with Crippen molar-refractivity contribution >= 4 is 11.0 Å². The molecule has 0 spiro atoms. The van der Waals surface area contributed by atoms with Crippen molar-refractivity contribution in [3.8, 4) is 6.07 Å². The number of nitrogens with one attached hydrogen (secondary N) is 1. The molecule has 0 amide bonds. The first-order chi connectivity index (χ1) is 6.40. The van der Waals surface area contributed by atoms with Crippen molar-refractivity contribution in [3.63, 3.8) is 0 Å². The lowest BCUT2D eigenvalue weighted by atomic mass is 10.2. The van der Waals surface area contributed by atoms with Crippen LogP contribution in [0.5, 0.6) is 0 Å². The number of nitrogens with zero attached hydrogens (tertiary/aromatic N) is 2. The Bertz CT molecular complexity index is 417. The van der Waals surface area contributed by atoms with Crippen molar-refractivity contribution in [3.05, 3.63) is 30.1 Å². The van der Waals surface area contributed by atoms with Crippen molar-refractivity contribution in [1.82, 2.24) is 9.97 Å². The number of hydrogen-bond acceptors (Lipinski definition) is 2. The standard InChI is InChI=1S/C10H9N3/c11-5-1-4-9-7-8-3-2-6-12-10(8)13-9/h2-3,6-7H,1,4H2,(H,12,13). The normalized spacial score (nSPS) is 10.1. The van der Waals surface area contributed by atoms with Crippen LogP contribution in [0.15, 0.2) is 24.4 Å². The molecule has 0 aliphatic rings. The van der Waals surface area contributed by atoms with Crippen LogP contribution in [0, 0.1) is 11.3 Å². The van der Waals surface area contributed by atoms with Gasteiger partial charge >= 0.3 is 0 Å². The van der Waals surface area contributed by atoms with Gasteiger partial charge in [-0.3, -0.25) is 0 Å². The molecule has 64 valence electrons. The molecule has 0 saturated heterocycles. The Morgan fingerprint density at radius 1 is 1.54 bits per heavy atom. The number of H-pyrrole nitrogens is 1. The van der Waals surface area contributed by atoms with Crippen LogP contribution >= 0.6 is 0 Å². The van der Waals surface area contributed by atoms with Crippen LogP contribution in [0.4, 0.5) is 0 Å². The van der Waals surface area contributed by atoms with Gasteiger partial charge in [0.25, 0.3) is 0 Å². The molecule has 0 saturated carbocycles. The Morgan fingerprint density at radius 3 is 3.23 bits per heavy atom. The fourth-order valence-electron chi connectivity index (χ4n) is 1.34. The average molecular weight is 171 g/mol. The van der Waals surface area contributed by atoms with Crippen LogP contribution < -0.4 is 0 Å². The minimum Gasteiger partial charge on any atom is -0.343 e. The average Bonchev–Trinajstić information content (AvgIpc) is 2.57. The second-order valence-electron chi connectivity index (χ2n) is 2.89. The zero-order valence-corrected chi connectivity index (χ0v) is 7.12. The second-order valence-corrected chi connectivity index (χ2v) is 2.89. The summed E-state index contributed by atoms with van der Waals surface area (Å²) in [6.07, 6.45) is 3.08. The lowest BCUT2D eigenvalue weighted by Gasteiger charge is -1.87. The number of aromatic nitrogens is 2. The predicted molar refractivity (Wildman–Crippen MR) is 50.0 cm³/mol. The number of rotatable bonds is 2. The first-order valence-electron chi connectivity index (χ1n) is 4.20. The highest BCUT2D eigenvalue weighted by molar-refractivity contribution is 5.76. The molecule has 0 unspecified atom stereocenters. The zero-order valence-electron chi connectivity index (χ0n) is 7.12. The number of nitriles is 1. The number of hydrogen-bond donors (Lipinski definition) is 1. The van der Waals surface area contributed by atoms with Gasteiger partial charge in [0.2, 0.25) is 0 Å². The molecule has 0 radical (unpaired) electrons. The van der Waals surface area contributed by atoms with Crippen LogP contribution in [0.1, 0.15) is 12.1 Å². The number of pyridine rings is 1. The Hall–Kier alpha value is -1.82. The molecule has 0 aliphatic carbocycles. The molecule has 2 aromatic rings. The first kappa shape index (κ1) is 7.81. The van der Waals surface area contributed by atoms with Gasteiger partial charge in [-0.15, -0.1) is 0 Å². The van der Waals surface area contributed by atoms with E-state index in [-0.39, 0.29) is 0 Å². The van der Waals surface area contributed by atoms with Gasteiger partial charge < -0.3 is 4.98 Å². The summed E-state index contributed by atoms with van der Waals surface area (Å²) < 4.78 is 0. The van der Waals surface area contributed by atoms with Crippen LogP contribution in [-0.2, 0) is 6.42 Å². The minimum atomic E-state index is 0.548. The smallest absolute Gasteiger partial charge is 0.137 e. The maximum absolute atomic E-state index is 8.42. The maximum Gasteiger partial charge on any atom is 0.137 e. The molecule has 0 aromatic carbocycles. The molecular weight excluding hydrogens is 162 g/mol. The van der Waals surface area contributed by atoms with E-state index in [1.807, 2.05) is 18.2 Å². The molecule has 2 rings (SSSR count). The van der Waals surface area contributed by atoms with Crippen LogP contribution in [-0.4, -0.2) is 9.97 Å². The lowest BCUT2D eigenvalue weighted by molar-refractivity contribution is 0.970. The molecule has 0 aliphatic heterocycles. The molecule has 3 nitrogen and oxygen atoms in total. The van der Waals surface area contributed by atoms with Crippen molar-refractivity contribution in [1.29, 1.82) is 5.26 Å². The molecule has 0 atom stereocenters. The van der Waals surface area contributed by atoms with E-state index in [1.54, 1.807) is 6.20 Å². The van der Waals surface area contributed by atoms with E-state index in [1.165, 1.54) is 0 Å². The van der Waals surface area contributed by atoms with Gasteiger partial charge in [0.05, 0.1) is 6.07 Å². The van der Waals surface area contributed by atoms with Gasteiger partial charge in [-0.25, -0.2) is 4.98 Å². The quantitative estimate of drug-likeness (QED) is 0.751. The summed E-state index contributed by atoms with van der Waals surface area (Å²) >= 11 is 0. The van der Waals surface area contributed by atoms with Gasteiger partial charge in [0.1, 0.15) is 5.65 Å². The third-order valence-electron chi connectivity index (χ3n) is 1.95. The van der Waals surface area contributed by atoms with E-state index in [2.05, 4.69) is 16.0 Å². The summed E-state index contributed by atoms with van der Waals surface area (Å²) in [5.41, 5.74) is 1.98. The summed E-state index contributed by atoms with van der Waals surface area (Å²) in [6.45, 7) is 0. The highest BCUT2D eigenvalue weighted by Gasteiger charge is 1.99. The van der Waals surface area contributed by atoms with E-state index in [0.717, 1.165) is 23.1 Å². The first-order valence-corrected chi connectivity index (χ1v) is 4.20. The van der Waals surface area contributed by atoms with Crippen LogP contribution in [0.3, 0.4) is 0 Å². The SMILES string of the molecule is N#CCCc1cc2cccnc2[nH]1. The summed E-state index contributed by atoms with van der Waals surface area (Å²) in [6, 6.07) is 8.08. The van der Waals surface area contributed by atoms with Gasteiger partial charge in [-0.1, -0.05) is 0 Å². The molecule has 3 heteroatoms. The van der Waals surface area contributed by atoms with Crippen molar-refractivity contribution in [2.75, 3.05) is 0 Å². The highest BCUT2D eigenvalue weighted by Crippen LogP contribution is 2.12. The third-order valence-corrected chi connectivity index (χ3v) is 1.95. The molecule has 2 heterocycles. The van der Waals surface area contributed by atoms with E-state index >= 15 is 0 Å². The maximum atomic E-state index is 8.42. The number of fused-ring (bicyclic) bond motifs is 1.